The van der Waals surface area contributed by atoms with Gasteiger partial charge < -0.3 is 4.74 Å². The molecular formula is C14H14ClNO3S. The molecule has 0 aliphatic rings. The van der Waals surface area contributed by atoms with Gasteiger partial charge in [-0.25, -0.2) is 13.6 Å². The standard InChI is InChI=1S/C14H14ClNO3S/c1-9-3-4-11(7-10(9)2)19-14-6-5-12(8-13(14)15)20(16,17)18/h3-8H,1-2H3,(H2,16,17,18). The molecule has 2 aromatic carbocycles. The molecule has 0 bridgehead atoms. The first-order valence-corrected chi connectivity index (χ1v) is 7.77. The SMILES string of the molecule is Cc1ccc(Oc2ccc(S(N)(=O)=O)cc2Cl)cc1C. The zero-order valence-electron chi connectivity index (χ0n) is 11.1. The van der Waals surface area contributed by atoms with Crippen LogP contribution in [0.4, 0.5) is 0 Å². The van der Waals surface area contributed by atoms with Gasteiger partial charge in [0.25, 0.3) is 0 Å². The number of hydrogen-bond donors (Lipinski definition) is 1. The number of rotatable bonds is 3. The highest BCUT2D eigenvalue weighted by atomic mass is 35.5. The number of nitrogens with two attached hydrogens (primary N) is 1. The number of benzene rings is 2. The van der Waals surface area contributed by atoms with E-state index < -0.39 is 10.0 Å². The number of sulfonamides is 1. The van der Waals surface area contributed by atoms with Crippen molar-refractivity contribution < 1.29 is 13.2 Å². The van der Waals surface area contributed by atoms with Crippen LogP contribution in [0.3, 0.4) is 0 Å². The van der Waals surface area contributed by atoms with Crippen molar-refractivity contribution in [3.63, 3.8) is 0 Å². The predicted molar refractivity (Wildman–Crippen MR) is 78.8 cm³/mol. The molecule has 0 atom stereocenters. The van der Waals surface area contributed by atoms with Gasteiger partial charge in [-0.1, -0.05) is 17.7 Å². The summed E-state index contributed by atoms with van der Waals surface area (Å²) in [6.07, 6.45) is 0. The fraction of sp³-hybridized carbons (Fsp3) is 0.143. The maximum absolute atomic E-state index is 11.2. The third-order valence-electron chi connectivity index (χ3n) is 2.94. The van der Waals surface area contributed by atoms with Crippen molar-refractivity contribution in [2.24, 2.45) is 5.14 Å². The monoisotopic (exact) mass is 311 g/mol. The molecule has 0 heterocycles. The van der Waals surface area contributed by atoms with Gasteiger partial charge in [-0.2, -0.15) is 0 Å². The first kappa shape index (κ1) is 14.8. The molecule has 0 aromatic heterocycles. The number of ether oxygens (including phenoxy) is 1. The quantitative estimate of drug-likeness (QED) is 0.944. The van der Waals surface area contributed by atoms with Gasteiger partial charge >= 0.3 is 0 Å². The van der Waals surface area contributed by atoms with E-state index in [0.29, 0.717) is 11.5 Å². The van der Waals surface area contributed by atoms with Gasteiger partial charge in [-0.3, -0.25) is 0 Å². The summed E-state index contributed by atoms with van der Waals surface area (Å²) in [5, 5.41) is 5.23. The summed E-state index contributed by atoms with van der Waals surface area (Å²) >= 11 is 6.01. The van der Waals surface area contributed by atoms with Crippen molar-refractivity contribution in [2.45, 2.75) is 18.7 Å². The van der Waals surface area contributed by atoms with E-state index in [2.05, 4.69) is 0 Å². The Hall–Kier alpha value is -1.56. The van der Waals surface area contributed by atoms with Crippen LogP contribution in [-0.4, -0.2) is 8.42 Å². The van der Waals surface area contributed by atoms with Crippen LogP contribution in [-0.2, 0) is 10.0 Å². The van der Waals surface area contributed by atoms with E-state index >= 15 is 0 Å². The van der Waals surface area contributed by atoms with E-state index in [1.807, 2.05) is 32.0 Å². The zero-order chi connectivity index (χ0) is 14.9. The zero-order valence-corrected chi connectivity index (χ0v) is 12.6. The van der Waals surface area contributed by atoms with Crippen LogP contribution in [0.2, 0.25) is 5.02 Å². The molecule has 0 saturated heterocycles. The summed E-state index contributed by atoms with van der Waals surface area (Å²) in [6.45, 7) is 3.99. The fourth-order valence-electron chi connectivity index (χ4n) is 1.65. The van der Waals surface area contributed by atoms with E-state index in [4.69, 9.17) is 21.5 Å². The normalized spacial score (nSPS) is 11.4. The van der Waals surface area contributed by atoms with Gasteiger partial charge in [-0.15, -0.1) is 0 Å². The first-order valence-electron chi connectivity index (χ1n) is 5.85. The second-order valence-electron chi connectivity index (χ2n) is 4.49. The van der Waals surface area contributed by atoms with Gasteiger partial charge in [0, 0.05) is 0 Å². The van der Waals surface area contributed by atoms with Crippen LogP contribution >= 0.6 is 11.6 Å². The average molecular weight is 312 g/mol. The van der Waals surface area contributed by atoms with Crippen LogP contribution in [0.15, 0.2) is 41.3 Å². The van der Waals surface area contributed by atoms with Crippen LogP contribution in [0.25, 0.3) is 0 Å². The highest BCUT2D eigenvalue weighted by molar-refractivity contribution is 7.89. The minimum absolute atomic E-state index is 0.0464. The van der Waals surface area contributed by atoms with E-state index in [1.165, 1.54) is 18.2 Å². The van der Waals surface area contributed by atoms with Gasteiger partial charge in [0.05, 0.1) is 9.92 Å². The Morgan fingerprint density at radius 3 is 2.30 bits per heavy atom. The maximum atomic E-state index is 11.2. The van der Waals surface area contributed by atoms with Gasteiger partial charge in [-0.05, 0) is 55.3 Å². The lowest BCUT2D eigenvalue weighted by molar-refractivity contribution is 0.482. The average Bonchev–Trinajstić information content (AvgIpc) is 2.35. The third-order valence-corrected chi connectivity index (χ3v) is 4.14. The number of aryl methyl sites for hydroxylation is 2. The maximum Gasteiger partial charge on any atom is 0.238 e. The Bertz CT molecular complexity index is 757. The van der Waals surface area contributed by atoms with Crippen molar-refractivity contribution >= 4 is 21.6 Å². The van der Waals surface area contributed by atoms with E-state index in [-0.39, 0.29) is 9.92 Å². The van der Waals surface area contributed by atoms with E-state index in [0.717, 1.165) is 11.1 Å². The topological polar surface area (TPSA) is 69.4 Å². The lowest BCUT2D eigenvalue weighted by atomic mass is 10.1. The molecule has 0 fully saturated rings. The molecule has 2 N–H and O–H groups in total. The molecule has 0 aliphatic carbocycles. The van der Waals surface area contributed by atoms with Crippen molar-refractivity contribution in [2.75, 3.05) is 0 Å². The Labute approximate surface area is 123 Å². The lowest BCUT2D eigenvalue weighted by Gasteiger charge is -2.10. The summed E-state index contributed by atoms with van der Waals surface area (Å²) in [4.78, 5) is -0.0464. The van der Waals surface area contributed by atoms with Crippen molar-refractivity contribution in [3.8, 4) is 11.5 Å². The van der Waals surface area contributed by atoms with Gasteiger partial charge in [0.2, 0.25) is 10.0 Å². The number of halogens is 1. The number of hydrogen-bond acceptors (Lipinski definition) is 3. The lowest BCUT2D eigenvalue weighted by Crippen LogP contribution is -2.11. The molecular weight excluding hydrogens is 298 g/mol. The molecule has 0 saturated carbocycles. The molecule has 0 spiro atoms. The Kier molecular flexibility index (Phi) is 4.04. The molecule has 2 aromatic rings. The molecule has 2 rings (SSSR count). The Balaban J connectivity index is 2.32. The van der Waals surface area contributed by atoms with Crippen molar-refractivity contribution in [3.05, 3.63) is 52.5 Å². The second-order valence-corrected chi connectivity index (χ2v) is 6.45. The van der Waals surface area contributed by atoms with Gasteiger partial charge in [0.15, 0.2) is 0 Å². The highest BCUT2D eigenvalue weighted by Crippen LogP contribution is 2.31. The smallest absolute Gasteiger partial charge is 0.238 e. The van der Waals surface area contributed by atoms with Crippen LogP contribution in [0.1, 0.15) is 11.1 Å². The molecule has 4 nitrogen and oxygen atoms in total. The molecule has 0 amide bonds. The molecule has 106 valence electrons. The van der Waals surface area contributed by atoms with Crippen LogP contribution in [0.5, 0.6) is 11.5 Å². The largest absolute Gasteiger partial charge is 0.456 e. The minimum atomic E-state index is -3.77. The Morgan fingerprint density at radius 1 is 1.05 bits per heavy atom. The number of primary sulfonamides is 1. The summed E-state index contributed by atoms with van der Waals surface area (Å²) < 4.78 is 28.1. The summed E-state index contributed by atoms with van der Waals surface area (Å²) in [5.41, 5.74) is 2.26. The summed E-state index contributed by atoms with van der Waals surface area (Å²) in [7, 11) is -3.77. The predicted octanol–water partition coefficient (Wildman–Crippen LogP) is 3.40. The minimum Gasteiger partial charge on any atom is -0.456 e. The van der Waals surface area contributed by atoms with Crippen molar-refractivity contribution in [1.29, 1.82) is 0 Å². The molecule has 20 heavy (non-hydrogen) atoms. The van der Waals surface area contributed by atoms with Crippen LogP contribution < -0.4 is 9.88 Å². The molecule has 0 unspecified atom stereocenters. The fourth-order valence-corrected chi connectivity index (χ4v) is 2.47. The van der Waals surface area contributed by atoms with Crippen molar-refractivity contribution in [1.82, 2.24) is 0 Å². The second kappa shape index (κ2) is 5.44. The summed E-state index contributed by atoms with van der Waals surface area (Å²) in [5.74, 6) is 1.01. The van der Waals surface area contributed by atoms with Crippen LogP contribution in [0, 0.1) is 13.8 Å². The molecule has 0 radical (unpaired) electrons. The summed E-state index contributed by atoms with van der Waals surface area (Å²) in [6, 6.07) is 9.77. The third kappa shape index (κ3) is 3.30. The Morgan fingerprint density at radius 2 is 1.75 bits per heavy atom. The first-order chi connectivity index (χ1) is 9.27. The molecule has 0 aliphatic heterocycles. The molecule has 6 heteroatoms. The highest BCUT2D eigenvalue weighted by Gasteiger charge is 2.12. The van der Waals surface area contributed by atoms with Gasteiger partial charge in [0.1, 0.15) is 11.5 Å². The van der Waals surface area contributed by atoms with E-state index in [1.54, 1.807) is 0 Å². The van der Waals surface area contributed by atoms with E-state index in [9.17, 15) is 8.42 Å².